The predicted molar refractivity (Wildman–Crippen MR) is 63.8 cm³/mol. The van der Waals surface area contributed by atoms with Gasteiger partial charge in [-0.2, -0.15) is 0 Å². The van der Waals surface area contributed by atoms with Gasteiger partial charge in [0.1, 0.15) is 6.73 Å². The number of carbonyl (C=O) groups is 1. The smallest absolute Gasteiger partial charge is 0.224 e. The normalized spacial score (nSPS) is 12.5. The molecule has 0 aromatic rings. The Bertz CT molecular complexity index is 183. The highest BCUT2D eigenvalue weighted by Crippen LogP contribution is 2.06. The monoisotopic (exact) mass is 231 g/mol. The molecular formula is C12H25NO3. The van der Waals surface area contributed by atoms with E-state index in [0.717, 1.165) is 12.8 Å². The van der Waals surface area contributed by atoms with Crippen LogP contribution in [-0.2, 0) is 9.53 Å². The van der Waals surface area contributed by atoms with Crippen LogP contribution in [0.3, 0.4) is 0 Å². The molecule has 0 aliphatic carbocycles. The average Bonchev–Trinajstić information content (AvgIpc) is 2.25. The van der Waals surface area contributed by atoms with E-state index in [-0.39, 0.29) is 12.6 Å². The quantitative estimate of drug-likeness (QED) is 0.488. The van der Waals surface area contributed by atoms with E-state index in [4.69, 9.17) is 9.84 Å². The molecule has 0 radical (unpaired) electrons. The summed E-state index contributed by atoms with van der Waals surface area (Å²) in [5.74, 6) is 0.0807. The van der Waals surface area contributed by atoms with Gasteiger partial charge < -0.3 is 14.7 Å². The fraction of sp³-hybridized carbons (Fsp3) is 0.917. The van der Waals surface area contributed by atoms with Crippen molar-refractivity contribution in [2.45, 2.75) is 58.7 Å². The summed E-state index contributed by atoms with van der Waals surface area (Å²) in [5, 5.41) is 8.90. The molecule has 16 heavy (non-hydrogen) atoms. The number of ether oxygens (including phenoxy) is 1. The fourth-order valence-corrected chi connectivity index (χ4v) is 1.36. The first-order chi connectivity index (χ1) is 7.57. The molecule has 1 unspecified atom stereocenters. The van der Waals surface area contributed by atoms with Crippen LogP contribution < -0.4 is 0 Å². The molecule has 4 nitrogen and oxygen atoms in total. The van der Waals surface area contributed by atoms with Gasteiger partial charge in [0.15, 0.2) is 6.29 Å². The topological polar surface area (TPSA) is 49.8 Å². The lowest BCUT2D eigenvalue weighted by molar-refractivity contribution is -0.148. The lowest BCUT2D eigenvalue weighted by Crippen LogP contribution is -2.30. The van der Waals surface area contributed by atoms with E-state index in [1.807, 2.05) is 0 Å². The summed E-state index contributed by atoms with van der Waals surface area (Å²) in [5.41, 5.74) is 0. The number of nitrogens with zero attached hydrogens (tertiary/aromatic N) is 1. The van der Waals surface area contributed by atoms with Gasteiger partial charge in [0.2, 0.25) is 5.91 Å². The molecule has 0 fully saturated rings. The summed E-state index contributed by atoms with van der Waals surface area (Å²) in [6.07, 6.45) is 5.48. The third-order valence-corrected chi connectivity index (χ3v) is 2.43. The molecule has 0 spiro atoms. The Balaban J connectivity index is 3.47. The SMILES string of the molecule is CCCCCCCC(=O)N(C)COC(C)O. The molecule has 0 aromatic carbocycles. The highest BCUT2D eigenvalue weighted by molar-refractivity contribution is 5.75. The van der Waals surface area contributed by atoms with Gasteiger partial charge in [0, 0.05) is 13.5 Å². The van der Waals surface area contributed by atoms with E-state index in [9.17, 15) is 4.79 Å². The number of hydrogen-bond acceptors (Lipinski definition) is 3. The molecular weight excluding hydrogens is 206 g/mol. The van der Waals surface area contributed by atoms with Crippen molar-refractivity contribution in [3.05, 3.63) is 0 Å². The predicted octanol–water partition coefficient (Wildman–Crippen LogP) is 2.12. The number of aliphatic hydroxyl groups excluding tert-OH is 1. The standard InChI is InChI=1S/C12H25NO3/c1-4-5-6-7-8-9-12(15)13(3)10-16-11(2)14/h11,14H,4-10H2,1-3H3. The summed E-state index contributed by atoms with van der Waals surface area (Å²) in [6, 6.07) is 0. The minimum atomic E-state index is -0.820. The number of rotatable bonds is 9. The Kier molecular flexibility index (Phi) is 9.24. The van der Waals surface area contributed by atoms with Gasteiger partial charge >= 0.3 is 0 Å². The van der Waals surface area contributed by atoms with Crippen LogP contribution in [0.4, 0.5) is 0 Å². The maximum absolute atomic E-state index is 11.6. The van der Waals surface area contributed by atoms with Gasteiger partial charge in [-0.25, -0.2) is 0 Å². The van der Waals surface area contributed by atoms with Crippen molar-refractivity contribution in [2.75, 3.05) is 13.8 Å². The first kappa shape index (κ1) is 15.4. The van der Waals surface area contributed by atoms with Crippen LogP contribution in [0.5, 0.6) is 0 Å². The number of amides is 1. The first-order valence-corrected chi connectivity index (χ1v) is 6.11. The molecule has 0 heterocycles. The van der Waals surface area contributed by atoms with Crippen LogP contribution >= 0.6 is 0 Å². The van der Waals surface area contributed by atoms with Crippen molar-refractivity contribution in [3.8, 4) is 0 Å². The zero-order chi connectivity index (χ0) is 12.4. The summed E-state index contributed by atoms with van der Waals surface area (Å²) < 4.78 is 4.93. The zero-order valence-electron chi connectivity index (χ0n) is 10.7. The Morgan fingerprint density at radius 2 is 1.94 bits per heavy atom. The number of carbonyl (C=O) groups excluding carboxylic acids is 1. The fourth-order valence-electron chi connectivity index (χ4n) is 1.36. The molecule has 0 aliphatic heterocycles. The second-order valence-electron chi connectivity index (χ2n) is 4.15. The summed E-state index contributed by atoms with van der Waals surface area (Å²) in [7, 11) is 1.69. The van der Waals surface area contributed by atoms with E-state index in [0.29, 0.717) is 6.42 Å². The maximum atomic E-state index is 11.6. The van der Waals surface area contributed by atoms with E-state index < -0.39 is 6.29 Å². The lowest BCUT2D eigenvalue weighted by Gasteiger charge is -2.18. The van der Waals surface area contributed by atoms with Gasteiger partial charge in [-0.15, -0.1) is 0 Å². The van der Waals surface area contributed by atoms with E-state index >= 15 is 0 Å². The van der Waals surface area contributed by atoms with Crippen LogP contribution in [0.25, 0.3) is 0 Å². The van der Waals surface area contributed by atoms with Gasteiger partial charge in [-0.1, -0.05) is 32.6 Å². The van der Waals surface area contributed by atoms with Crippen molar-refractivity contribution in [1.29, 1.82) is 0 Å². The Morgan fingerprint density at radius 1 is 1.31 bits per heavy atom. The largest absolute Gasteiger partial charge is 0.368 e. The summed E-state index contributed by atoms with van der Waals surface area (Å²) in [6.45, 7) is 3.86. The average molecular weight is 231 g/mol. The highest BCUT2D eigenvalue weighted by atomic mass is 16.6. The van der Waals surface area contributed by atoms with E-state index in [1.54, 1.807) is 7.05 Å². The molecule has 0 saturated carbocycles. The van der Waals surface area contributed by atoms with Gasteiger partial charge in [0.25, 0.3) is 0 Å². The number of unbranched alkanes of at least 4 members (excludes halogenated alkanes) is 4. The summed E-state index contributed by atoms with van der Waals surface area (Å²) in [4.78, 5) is 13.1. The Morgan fingerprint density at radius 3 is 2.50 bits per heavy atom. The molecule has 0 aromatic heterocycles. The molecule has 4 heteroatoms. The Labute approximate surface area is 98.6 Å². The molecule has 0 bridgehead atoms. The molecule has 1 N–H and O–H groups in total. The maximum Gasteiger partial charge on any atom is 0.224 e. The molecule has 1 atom stereocenters. The van der Waals surface area contributed by atoms with Crippen molar-refractivity contribution in [1.82, 2.24) is 4.90 Å². The van der Waals surface area contributed by atoms with Crippen molar-refractivity contribution >= 4 is 5.91 Å². The van der Waals surface area contributed by atoms with Crippen LogP contribution in [0.2, 0.25) is 0 Å². The second kappa shape index (κ2) is 9.60. The molecule has 0 aliphatic rings. The minimum Gasteiger partial charge on any atom is -0.368 e. The van der Waals surface area contributed by atoms with Gasteiger partial charge in [0.05, 0.1) is 0 Å². The van der Waals surface area contributed by atoms with E-state index in [2.05, 4.69) is 6.92 Å². The van der Waals surface area contributed by atoms with E-state index in [1.165, 1.54) is 31.1 Å². The molecule has 0 rings (SSSR count). The third kappa shape index (κ3) is 8.68. The zero-order valence-corrected chi connectivity index (χ0v) is 10.7. The number of aliphatic hydroxyl groups is 1. The van der Waals surface area contributed by atoms with Crippen molar-refractivity contribution < 1.29 is 14.6 Å². The number of hydrogen-bond donors (Lipinski definition) is 1. The van der Waals surface area contributed by atoms with Crippen molar-refractivity contribution in [2.24, 2.45) is 0 Å². The van der Waals surface area contributed by atoms with Crippen LogP contribution in [0.15, 0.2) is 0 Å². The highest BCUT2D eigenvalue weighted by Gasteiger charge is 2.08. The van der Waals surface area contributed by atoms with Crippen LogP contribution in [0, 0.1) is 0 Å². The van der Waals surface area contributed by atoms with Gasteiger partial charge in [-0.3, -0.25) is 4.79 Å². The lowest BCUT2D eigenvalue weighted by atomic mass is 10.1. The first-order valence-electron chi connectivity index (χ1n) is 6.11. The molecule has 1 amide bonds. The van der Waals surface area contributed by atoms with Crippen LogP contribution in [0.1, 0.15) is 52.4 Å². The van der Waals surface area contributed by atoms with Crippen LogP contribution in [-0.4, -0.2) is 36.0 Å². The van der Waals surface area contributed by atoms with Gasteiger partial charge in [-0.05, 0) is 13.3 Å². The Hall–Kier alpha value is -0.610. The van der Waals surface area contributed by atoms with Crippen molar-refractivity contribution in [3.63, 3.8) is 0 Å². The molecule has 96 valence electrons. The minimum absolute atomic E-state index is 0.0807. The molecule has 0 saturated heterocycles. The third-order valence-electron chi connectivity index (χ3n) is 2.43. The second-order valence-corrected chi connectivity index (χ2v) is 4.15. The summed E-state index contributed by atoms with van der Waals surface area (Å²) >= 11 is 0.